The maximum Gasteiger partial charge on any atom is 0.141 e. The summed E-state index contributed by atoms with van der Waals surface area (Å²) in [5.74, 6) is 2.01. The lowest BCUT2D eigenvalue weighted by atomic mass is 9.97. The molecule has 0 bridgehead atoms. The van der Waals surface area contributed by atoms with Crippen LogP contribution in [0.3, 0.4) is 0 Å². The average molecular weight is 300 g/mol. The second kappa shape index (κ2) is 6.76. The minimum Gasteiger partial charge on any atom is -0.497 e. The van der Waals surface area contributed by atoms with Crippen molar-refractivity contribution in [2.45, 2.75) is 0 Å². The first-order valence-corrected chi connectivity index (χ1v) is 6.72. The highest BCUT2D eigenvalue weighted by Gasteiger charge is 2.10. The fourth-order valence-corrected chi connectivity index (χ4v) is 2.22. The molecule has 0 unspecified atom stereocenters. The highest BCUT2D eigenvalue weighted by Crippen LogP contribution is 2.33. The van der Waals surface area contributed by atoms with Crippen molar-refractivity contribution >= 4 is 11.3 Å². The maximum absolute atomic E-state index is 5.97. The van der Waals surface area contributed by atoms with Crippen LogP contribution in [0, 0.1) is 0 Å². The summed E-state index contributed by atoms with van der Waals surface area (Å²) in [7, 11) is 4.80. The molecule has 0 saturated carbocycles. The van der Waals surface area contributed by atoms with Gasteiger partial charge in [-0.05, 0) is 35.4 Å². The maximum atomic E-state index is 5.97. The van der Waals surface area contributed by atoms with E-state index in [0.717, 1.165) is 16.7 Å². The summed E-state index contributed by atoms with van der Waals surface area (Å²) in [6.45, 7) is 0. The third-order valence-electron chi connectivity index (χ3n) is 3.37. The molecule has 0 radical (unpaired) electrons. The highest BCUT2D eigenvalue weighted by atomic mass is 16.5. The molecule has 0 aliphatic heterocycles. The summed E-state index contributed by atoms with van der Waals surface area (Å²) >= 11 is 0. The lowest BCUT2D eigenvalue weighted by molar-refractivity contribution is 0.394. The second-order valence-corrected chi connectivity index (χ2v) is 4.64. The molecule has 0 fully saturated rings. The molecule has 5 heteroatoms. The summed E-state index contributed by atoms with van der Waals surface area (Å²) in [6.07, 6.45) is 1.54. The minimum atomic E-state index is 0.550. The van der Waals surface area contributed by atoms with Crippen molar-refractivity contribution in [2.24, 2.45) is 5.73 Å². The number of benzene rings is 2. The first kappa shape index (κ1) is 15.6. The Morgan fingerprint density at radius 2 is 1.50 bits per heavy atom. The van der Waals surface area contributed by atoms with Gasteiger partial charge in [-0.15, -0.1) is 0 Å². The van der Waals surface area contributed by atoms with E-state index in [-0.39, 0.29) is 0 Å². The van der Waals surface area contributed by atoms with Crippen LogP contribution in [0.15, 0.2) is 42.6 Å². The van der Waals surface area contributed by atoms with Crippen molar-refractivity contribution < 1.29 is 14.2 Å². The summed E-state index contributed by atoms with van der Waals surface area (Å²) in [6, 6.07) is 11.1. The molecule has 0 aliphatic rings. The zero-order valence-electron chi connectivity index (χ0n) is 12.9. The number of ether oxygens (including phenoxy) is 3. The monoisotopic (exact) mass is 300 g/mol. The Morgan fingerprint density at radius 3 is 1.95 bits per heavy atom. The van der Waals surface area contributed by atoms with Gasteiger partial charge < -0.3 is 25.7 Å². The van der Waals surface area contributed by atoms with Crippen LogP contribution >= 0.6 is 0 Å². The van der Waals surface area contributed by atoms with Crippen LogP contribution in [0.5, 0.6) is 17.2 Å². The van der Waals surface area contributed by atoms with Crippen LogP contribution in [0.25, 0.3) is 5.57 Å². The number of nitrogens with two attached hydrogens (primary N) is 2. The number of anilines is 1. The largest absolute Gasteiger partial charge is 0.497 e. The Kier molecular flexibility index (Phi) is 4.78. The highest BCUT2D eigenvalue weighted by molar-refractivity contribution is 5.82. The Balaban J connectivity index is 2.51. The number of nitrogen functional groups attached to an aromatic ring is 1. The van der Waals surface area contributed by atoms with E-state index in [0.29, 0.717) is 22.9 Å². The predicted octanol–water partition coefficient (Wildman–Crippen LogP) is 2.64. The molecule has 2 rings (SSSR count). The van der Waals surface area contributed by atoms with E-state index >= 15 is 0 Å². The molecule has 0 spiro atoms. The van der Waals surface area contributed by atoms with E-state index in [2.05, 4.69) is 0 Å². The molecular formula is C17H20N2O3. The normalized spacial score (nSPS) is 11.1. The van der Waals surface area contributed by atoms with Gasteiger partial charge >= 0.3 is 0 Å². The lowest BCUT2D eigenvalue weighted by Gasteiger charge is -2.13. The van der Waals surface area contributed by atoms with E-state index in [1.165, 1.54) is 6.20 Å². The van der Waals surface area contributed by atoms with E-state index in [1.54, 1.807) is 27.4 Å². The number of rotatable bonds is 5. The Labute approximate surface area is 130 Å². The van der Waals surface area contributed by atoms with Crippen LogP contribution in [-0.4, -0.2) is 21.3 Å². The Hall–Kier alpha value is -2.82. The van der Waals surface area contributed by atoms with Gasteiger partial charge in [-0.2, -0.15) is 0 Å². The fourth-order valence-electron chi connectivity index (χ4n) is 2.22. The topological polar surface area (TPSA) is 79.7 Å². The zero-order chi connectivity index (χ0) is 16.1. The molecule has 5 nitrogen and oxygen atoms in total. The van der Waals surface area contributed by atoms with Gasteiger partial charge in [0.1, 0.15) is 17.2 Å². The van der Waals surface area contributed by atoms with Crippen LogP contribution < -0.4 is 25.7 Å². The van der Waals surface area contributed by atoms with Crippen molar-refractivity contribution in [1.29, 1.82) is 0 Å². The number of hydrogen-bond acceptors (Lipinski definition) is 5. The summed E-state index contributed by atoms with van der Waals surface area (Å²) in [5.41, 5.74) is 14.9. The second-order valence-electron chi connectivity index (χ2n) is 4.64. The third-order valence-corrected chi connectivity index (χ3v) is 3.37. The van der Waals surface area contributed by atoms with Gasteiger partial charge in [0.05, 0.1) is 27.0 Å². The van der Waals surface area contributed by atoms with E-state index < -0.39 is 0 Å². The molecule has 0 heterocycles. The summed E-state index contributed by atoms with van der Waals surface area (Å²) in [5, 5.41) is 0. The first-order valence-electron chi connectivity index (χ1n) is 6.72. The van der Waals surface area contributed by atoms with E-state index in [1.807, 2.05) is 30.3 Å². The lowest BCUT2D eigenvalue weighted by Crippen LogP contribution is -1.98. The minimum absolute atomic E-state index is 0.550. The molecule has 0 amide bonds. The van der Waals surface area contributed by atoms with Crippen LogP contribution in [0.4, 0.5) is 5.69 Å². The molecule has 116 valence electrons. The standard InChI is InChI=1S/C17H20N2O3/c1-20-13-6-12(7-14(9-13)21-2)15(10-18)11-4-5-17(22-3)16(19)8-11/h4-10H,18-19H2,1-3H3. The number of hydrogen-bond donors (Lipinski definition) is 2. The van der Waals surface area contributed by atoms with Crippen LogP contribution in [0.1, 0.15) is 11.1 Å². The molecule has 2 aromatic rings. The first-order chi connectivity index (χ1) is 10.6. The zero-order valence-corrected chi connectivity index (χ0v) is 12.9. The molecular weight excluding hydrogens is 280 g/mol. The van der Waals surface area contributed by atoms with Crippen LogP contribution in [-0.2, 0) is 0 Å². The van der Waals surface area contributed by atoms with Crippen molar-refractivity contribution in [3.05, 3.63) is 53.7 Å². The molecule has 4 N–H and O–H groups in total. The average Bonchev–Trinajstić information content (AvgIpc) is 2.55. The Morgan fingerprint density at radius 1 is 0.864 bits per heavy atom. The van der Waals surface area contributed by atoms with Crippen molar-refractivity contribution in [2.75, 3.05) is 27.1 Å². The summed E-state index contributed by atoms with van der Waals surface area (Å²) in [4.78, 5) is 0. The van der Waals surface area contributed by atoms with E-state index in [9.17, 15) is 0 Å². The molecule has 0 atom stereocenters. The van der Waals surface area contributed by atoms with Gasteiger partial charge in [-0.25, -0.2) is 0 Å². The molecule has 0 aliphatic carbocycles. The molecule has 2 aromatic carbocycles. The van der Waals surface area contributed by atoms with Gasteiger partial charge in [-0.3, -0.25) is 0 Å². The van der Waals surface area contributed by atoms with Crippen molar-refractivity contribution in [1.82, 2.24) is 0 Å². The SMILES string of the molecule is COc1cc(OC)cc(C(=CN)c2ccc(OC)c(N)c2)c1. The Bertz CT molecular complexity index is 674. The van der Waals surface area contributed by atoms with Gasteiger partial charge in [0.2, 0.25) is 0 Å². The third kappa shape index (κ3) is 3.09. The molecule has 0 aromatic heterocycles. The summed E-state index contributed by atoms with van der Waals surface area (Å²) < 4.78 is 15.8. The quantitative estimate of drug-likeness (QED) is 0.830. The smallest absolute Gasteiger partial charge is 0.141 e. The van der Waals surface area contributed by atoms with Gasteiger partial charge in [0.15, 0.2) is 0 Å². The van der Waals surface area contributed by atoms with E-state index in [4.69, 9.17) is 25.7 Å². The van der Waals surface area contributed by atoms with Crippen molar-refractivity contribution in [3.8, 4) is 17.2 Å². The van der Waals surface area contributed by atoms with Crippen molar-refractivity contribution in [3.63, 3.8) is 0 Å². The fraction of sp³-hybridized carbons (Fsp3) is 0.176. The predicted molar refractivity (Wildman–Crippen MR) is 88.2 cm³/mol. The van der Waals surface area contributed by atoms with Gasteiger partial charge in [-0.1, -0.05) is 6.07 Å². The molecule has 0 saturated heterocycles. The molecule has 22 heavy (non-hydrogen) atoms. The van der Waals surface area contributed by atoms with Crippen LogP contribution in [0.2, 0.25) is 0 Å². The van der Waals surface area contributed by atoms with Gasteiger partial charge in [0, 0.05) is 17.8 Å². The van der Waals surface area contributed by atoms with Gasteiger partial charge in [0.25, 0.3) is 0 Å². The number of methoxy groups -OCH3 is 3.